The Hall–Kier alpha value is -4.04. The molecule has 0 unspecified atom stereocenters. The third-order valence-electron chi connectivity index (χ3n) is 5.84. The van der Waals surface area contributed by atoms with E-state index in [4.69, 9.17) is 9.47 Å². The molecule has 0 fully saturated rings. The first kappa shape index (κ1) is 19.9. The molecule has 0 radical (unpaired) electrons. The maximum atomic E-state index is 5.59. The standard InChI is InChI=1S/C30H24O2/c1-31-29-16-15-27(20-30(29)32-2)28(26-14-13-23-8-4-6-10-25(23)19-26)18-21-11-12-22-7-3-5-9-24(22)17-21/h3-20H,1-2H3/b28-18+. The van der Waals surface area contributed by atoms with Gasteiger partial charge in [-0.15, -0.1) is 0 Å². The minimum Gasteiger partial charge on any atom is -0.493 e. The molecular weight excluding hydrogens is 392 g/mol. The van der Waals surface area contributed by atoms with Crippen molar-refractivity contribution in [2.75, 3.05) is 14.2 Å². The van der Waals surface area contributed by atoms with E-state index >= 15 is 0 Å². The molecular formula is C30H24O2. The maximum Gasteiger partial charge on any atom is 0.161 e. The minimum absolute atomic E-state index is 0.718. The monoisotopic (exact) mass is 416 g/mol. The summed E-state index contributed by atoms with van der Waals surface area (Å²) in [5, 5.41) is 4.91. The Morgan fingerprint density at radius 3 is 1.78 bits per heavy atom. The SMILES string of the molecule is COc1ccc(/C(=C/c2ccc3ccccc3c2)c2ccc3ccccc3c2)cc1OC. The summed E-state index contributed by atoms with van der Waals surface area (Å²) in [6.45, 7) is 0. The number of hydrogen-bond acceptors (Lipinski definition) is 2. The van der Waals surface area contributed by atoms with Crippen LogP contribution in [0, 0.1) is 0 Å². The van der Waals surface area contributed by atoms with Crippen LogP contribution in [-0.2, 0) is 0 Å². The highest BCUT2D eigenvalue weighted by molar-refractivity contribution is 5.97. The van der Waals surface area contributed by atoms with E-state index in [9.17, 15) is 0 Å². The molecule has 5 aromatic rings. The minimum atomic E-state index is 0.718. The van der Waals surface area contributed by atoms with Gasteiger partial charge in [-0.3, -0.25) is 0 Å². The van der Waals surface area contributed by atoms with Crippen molar-refractivity contribution in [1.29, 1.82) is 0 Å². The van der Waals surface area contributed by atoms with Crippen molar-refractivity contribution in [3.05, 3.63) is 120 Å². The average molecular weight is 417 g/mol. The van der Waals surface area contributed by atoms with Gasteiger partial charge in [0, 0.05) is 0 Å². The summed E-state index contributed by atoms with van der Waals surface area (Å²) < 4.78 is 11.0. The van der Waals surface area contributed by atoms with Crippen LogP contribution in [-0.4, -0.2) is 14.2 Å². The second-order valence-electron chi connectivity index (χ2n) is 7.80. The molecule has 2 heteroatoms. The second-order valence-corrected chi connectivity index (χ2v) is 7.80. The van der Waals surface area contributed by atoms with E-state index in [2.05, 4.69) is 97.1 Å². The highest BCUT2D eigenvalue weighted by Gasteiger charge is 2.11. The lowest BCUT2D eigenvalue weighted by atomic mass is 9.93. The lowest BCUT2D eigenvalue weighted by molar-refractivity contribution is 0.355. The summed E-state index contributed by atoms with van der Waals surface area (Å²) >= 11 is 0. The molecule has 0 bridgehead atoms. The highest BCUT2D eigenvalue weighted by atomic mass is 16.5. The number of methoxy groups -OCH3 is 2. The normalized spacial score (nSPS) is 11.6. The lowest BCUT2D eigenvalue weighted by Gasteiger charge is -2.14. The largest absolute Gasteiger partial charge is 0.493 e. The van der Waals surface area contributed by atoms with Gasteiger partial charge in [-0.25, -0.2) is 0 Å². The van der Waals surface area contributed by atoms with Crippen LogP contribution >= 0.6 is 0 Å². The molecule has 0 saturated heterocycles. The van der Waals surface area contributed by atoms with E-state index in [1.807, 2.05) is 12.1 Å². The molecule has 0 amide bonds. The van der Waals surface area contributed by atoms with Gasteiger partial charge in [0.05, 0.1) is 14.2 Å². The maximum absolute atomic E-state index is 5.59. The molecule has 0 aliphatic rings. The van der Waals surface area contributed by atoms with Gasteiger partial charge in [0.1, 0.15) is 0 Å². The van der Waals surface area contributed by atoms with Crippen LogP contribution in [0.2, 0.25) is 0 Å². The fourth-order valence-electron chi connectivity index (χ4n) is 4.16. The zero-order valence-corrected chi connectivity index (χ0v) is 18.2. The Kier molecular flexibility index (Phi) is 5.35. The molecule has 0 atom stereocenters. The molecule has 156 valence electrons. The van der Waals surface area contributed by atoms with Crippen LogP contribution in [0.3, 0.4) is 0 Å². The van der Waals surface area contributed by atoms with Crippen molar-refractivity contribution in [2.45, 2.75) is 0 Å². The zero-order chi connectivity index (χ0) is 21.9. The van der Waals surface area contributed by atoms with Gasteiger partial charge in [0.2, 0.25) is 0 Å². The van der Waals surface area contributed by atoms with E-state index < -0.39 is 0 Å². The third kappa shape index (κ3) is 3.83. The molecule has 0 N–H and O–H groups in total. The molecule has 0 aliphatic carbocycles. The highest BCUT2D eigenvalue weighted by Crippen LogP contribution is 2.35. The number of benzene rings is 5. The Labute approximate surface area is 188 Å². The van der Waals surface area contributed by atoms with E-state index in [0.29, 0.717) is 0 Å². The van der Waals surface area contributed by atoms with Crippen LogP contribution in [0.5, 0.6) is 11.5 Å². The molecule has 0 aromatic heterocycles. The van der Waals surface area contributed by atoms with Crippen LogP contribution in [0.25, 0.3) is 33.2 Å². The number of ether oxygens (including phenoxy) is 2. The van der Waals surface area contributed by atoms with Crippen molar-refractivity contribution in [3.63, 3.8) is 0 Å². The first-order chi connectivity index (χ1) is 15.7. The molecule has 32 heavy (non-hydrogen) atoms. The third-order valence-corrected chi connectivity index (χ3v) is 5.84. The van der Waals surface area contributed by atoms with Gasteiger partial charge >= 0.3 is 0 Å². The summed E-state index contributed by atoms with van der Waals surface area (Å²) in [6.07, 6.45) is 2.25. The summed E-state index contributed by atoms with van der Waals surface area (Å²) in [5.74, 6) is 1.44. The quantitative estimate of drug-likeness (QED) is 0.275. The van der Waals surface area contributed by atoms with Gasteiger partial charge in [-0.1, -0.05) is 78.9 Å². The zero-order valence-electron chi connectivity index (χ0n) is 18.2. The predicted molar refractivity (Wildman–Crippen MR) is 134 cm³/mol. The molecule has 5 aromatic carbocycles. The first-order valence-electron chi connectivity index (χ1n) is 10.7. The van der Waals surface area contributed by atoms with Gasteiger partial charge in [0.15, 0.2) is 11.5 Å². The second kappa shape index (κ2) is 8.60. The fourth-order valence-corrected chi connectivity index (χ4v) is 4.16. The summed E-state index contributed by atoms with van der Waals surface area (Å²) in [7, 11) is 3.33. The van der Waals surface area contributed by atoms with E-state index in [1.165, 1.54) is 21.5 Å². The van der Waals surface area contributed by atoms with Crippen molar-refractivity contribution in [1.82, 2.24) is 0 Å². The summed E-state index contributed by atoms with van der Waals surface area (Å²) in [4.78, 5) is 0. The topological polar surface area (TPSA) is 18.5 Å². The number of hydrogen-bond donors (Lipinski definition) is 0. The van der Waals surface area contributed by atoms with Crippen molar-refractivity contribution < 1.29 is 9.47 Å². The van der Waals surface area contributed by atoms with Gasteiger partial charge in [-0.05, 0) is 74.1 Å². The van der Waals surface area contributed by atoms with Crippen molar-refractivity contribution in [2.24, 2.45) is 0 Å². The Morgan fingerprint density at radius 2 is 1.09 bits per heavy atom. The van der Waals surface area contributed by atoms with Crippen LogP contribution in [0.4, 0.5) is 0 Å². The first-order valence-corrected chi connectivity index (χ1v) is 10.7. The summed E-state index contributed by atoms with van der Waals surface area (Å²) in [5.41, 5.74) is 4.52. The van der Waals surface area contributed by atoms with Crippen molar-refractivity contribution in [3.8, 4) is 11.5 Å². The van der Waals surface area contributed by atoms with E-state index in [-0.39, 0.29) is 0 Å². The van der Waals surface area contributed by atoms with Crippen molar-refractivity contribution >= 4 is 33.2 Å². The molecule has 0 saturated carbocycles. The van der Waals surface area contributed by atoms with Gasteiger partial charge in [-0.2, -0.15) is 0 Å². The Morgan fingerprint density at radius 1 is 0.531 bits per heavy atom. The number of rotatable bonds is 5. The van der Waals surface area contributed by atoms with Crippen LogP contribution in [0.1, 0.15) is 16.7 Å². The lowest BCUT2D eigenvalue weighted by Crippen LogP contribution is -1.94. The molecule has 0 heterocycles. The molecule has 0 spiro atoms. The molecule has 0 aliphatic heterocycles. The Balaban J connectivity index is 1.71. The summed E-state index contributed by atoms with van der Waals surface area (Å²) in [6, 6.07) is 36.2. The Bertz CT molecular complexity index is 1450. The average Bonchev–Trinajstić information content (AvgIpc) is 2.86. The predicted octanol–water partition coefficient (Wildman–Crippen LogP) is 7.60. The van der Waals surface area contributed by atoms with Gasteiger partial charge in [0.25, 0.3) is 0 Å². The van der Waals surface area contributed by atoms with Crippen LogP contribution < -0.4 is 9.47 Å². The molecule has 5 rings (SSSR count). The molecule has 2 nitrogen and oxygen atoms in total. The fraction of sp³-hybridized carbons (Fsp3) is 0.0667. The van der Waals surface area contributed by atoms with E-state index in [0.717, 1.165) is 33.8 Å². The smallest absolute Gasteiger partial charge is 0.161 e. The van der Waals surface area contributed by atoms with E-state index in [1.54, 1.807) is 14.2 Å². The van der Waals surface area contributed by atoms with Gasteiger partial charge < -0.3 is 9.47 Å². The van der Waals surface area contributed by atoms with Crippen LogP contribution in [0.15, 0.2) is 103 Å². The number of fused-ring (bicyclic) bond motifs is 2.